The van der Waals surface area contributed by atoms with E-state index in [4.69, 9.17) is 0 Å². The maximum atomic E-state index is 9.44. The minimum absolute atomic E-state index is 0. The lowest BCUT2D eigenvalue weighted by Gasteiger charge is -2.38. The van der Waals surface area contributed by atoms with Crippen LogP contribution < -0.4 is 0 Å². The molecule has 1 aliphatic rings. The van der Waals surface area contributed by atoms with Crippen LogP contribution in [0.1, 0.15) is 20.3 Å². The van der Waals surface area contributed by atoms with Crippen molar-refractivity contribution in [2.75, 3.05) is 13.6 Å². The van der Waals surface area contributed by atoms with Crippen LogP contribution in [0.5, 0.6) is 0 Å². The zero-order chi connectivity index (χ0) is 7.72. The molecule has 1 aliphatic heterocycles. The third-order valence-corrected chi connectivity index (χ3v) is 2.84. The fourth-order valence-corrected chi connectivity index (χ4v) is 1.53. The summed E-state index contributed by atoms with van der Waals surface area (Å²) in [7, 11) is 2.12. The van der Waals surface area contributed by atoms with Gasteiger partial charge in [0.15, 0.2) is 0 Å². The van der Waals surface area contributed by atoms with E-state index in [1.54, 1.807) is 0 Å². The number of rotatable bonds is 0. The van der Waals surface area contributed by atoms with Gasteiger partial charge >= 0.3 is 0 Å². The second-order valence-electron chi connectivity index (χ2n) is 3.44. The third kappa shape index (κ3) is 2.32. The summed E-state index contributed by atoms with van der Waals surface area (Å²) in [4.78, 5) is 2.30. The number of likely N-dealkylation sites (tertiary alicyclic amines) is 1. The maximum absolute atomic E-state index is 9.44. The number of hydrogen-bond donors (Lipinski definition) is 1. The molecule has 3 atom stereocenters. The maximum Gasteiger partial charge on any atom is 0.0592 e. The summed E-state index contributed by atoms with van der Waals surface area (Å²) in [6, 6.07) is 0.531. The summed E-state index contributed by atoms with van der Waals surface area (Å²) in [5, 5.41) is 9.44. The first-order valence-corrected chi connectivity index (χ1v) is 4.01. The van der Waals surface area contributed by atoms with Crippen molar-refractivity contribution in [2.45, 2.75) is 32.4 Å². The van der Waals surface area contributed by atoms with Crippen molar-refractivity contribution in [1.82, 2.24) is 4.90 Å². The summed E-state index contributed by atoms with van der Waals surface area (Å²) in [5.74, 6) is 0.429. The Morgan fingerprint density at radius 2 is 1.91 bits per heavy atom. The highest BCUT2D eigenvalue weighted by Gasteiger charge is 2.28. The first-order chi connectivity index (χ1) is 4.63. The van der Waals surface area contributed by atoms with Gasteiger partial charge in [-0.15, -0.1) is 12.4 Å². The SMILES string of the molecule is CC1C(O)CCN(C)C1C.Cl. The van der Waals surface area contributed by atoms with Gasteiger partial charge in [-0.3, -0.25) is 0 Å². The standard InChI is InChI=1S/C8H17NO.ClH/c1-6-7(2)9(3)5-4-8(6)10;/h6-8,10H,4-5H2,1-3H3;1H. The summed E-state index contributed by atoms with van der Waals surface area (Å²) >= 11 is 0. The van der Waals surface area contributed by atoms with Crippen molar-refractivity contribution in [3.63, 3.8) is 0 Å². The zero-order valence-electron chi connectivity index (χ0n) is 7.45. The van der Waals surface area contributed by atoms with Crippen molar-refractivity contribution in [2.24, 2.45) is 5.92 Å². The number of nitrogens with zero attached hydrogens (tertiary/aromatic N) is 1. The van der Waals surface area contributed by atoms with Crippen LogP contribution >= 0.6 is 12.4 Å². The van der Waals surface area contributed by atoms with Gasteiger partial charge in [-0.25, -0.2) is 0 Å². The van der Waals surface area contributed by atoms with Crippen LogP contribution in [0.4, 0.5) is 0 Å². The van der Waals surface area contributed by atoms with Crippen LogP contribution in [0.3, 0.4) is 0 Å². The van der Waals surface area contributed by atoms with E-state index in [9.17, 15) is 5.11 Å². The van der Waals surface area contributed by atoms with E-state index in [1.165, 1.54) is 0 Å². The molecule has 0 radical (unpaired) electrons. The van der Waals surface area contributed by atoms with Crippen LogP contribution in [-0.4, -0.2) is 35.7 Å². The molecule has 2 nitrogen and oxygen atoms in total. The average Bonchev–Trinajstić information content (AvgIpc) is 1.93. The van der Waals surface area contributed by atoms with E-state index >= 15 is 0 Å². The topological polar surface area (TPSA) is 23.5 Å². The van der Waals surface area contributed by atoms with Crippen molar-refractivity contribution in [3.8, 4) is 0 Å². The Hall–Kier alpha value is 0.210. The fourth-order valence-electron chi connectivity index (χ4n) is 1.53. The van der Waals surface area contributed by atoms with Gasteiger partial charge in [-0.05, 0) is 26.3 Å². The molecule has 11 heavy (non-hydrogen) atoms. The number of hydrogen-bond acceptors (Lipinski definition) is 2. The molecule has 0 spiro atoms. The fraction of sp³-hybridized carbons (Fsp3) is 1.00. The first kappa shape index (κ1) is 11.2. The molecule has 0 aliphatic carbocycles. The smallest absolute Gasteiger partial charge is 0.0592 e. The second-order valence-corrected chi connectivity index (χ2v) is 3.44. The molecule has 0 bridgehead atoms. The molecule has 0 aromatic heterocycles. The molecule has 1 heterocycles. The number of aliphatic hydroxyl groups excluding tert-OH is 1. The third-order valence-electron chi connectivity index (χ3n) is 2.84. The molecule has 3 unspecified atom stereocenters. The summed E-state index contributed by atoms with van der Waals surface area (Å²) in [6.45, 7) is 5.32. The molecule has 0 aromatic carbocycles. The van der Waals surface area contributed by atoms with Gasteiger partial charge in [-0.2, -0.15) is 0 Å². The highest BCUT2D eigenvalue weighted by Crippen LogP contribution is 2.21. The van der Waals surface area contributed by atoms with Gasteiger partial charge in [0.05, 0.1) is 6.10 Å². The van der Waals surface area contributed by atoms with Gasteiger partial charge in [0, 0.05) is 12.6 Å². The van der Waals surface area contributed by atoms with Gasteiger partial charge in [0.2, 0.25) is 0 Å². The molecule has 0 amide bonds. The number of piperidine rings is 1. The second kappa shape index (κ2) is 4.29. The Morgan fingerprint density at radius 3 is 2.36 bits per heavy atom. The normalized spacial score (nSPS) is 39.8. The Kier molecular flexibility index (Phi) is 4.37. The van der Waals surface area contributed by atoms with E-state index in [0.29, 0.717) is 12.0 Å². The quantitative estimate of drug-likeness (QED) is 0.603. The monoisotopic (exact) mass is 179 g/mol. The van der Waals surface area contributed by atoms with E-state index in [1.807, 2.05) is 0 Å². The van der Waals surface area contributed by atoms with Crippen LogP contribution in [0.2, 0.25) is 0 Å². The van der Waals surface area contributed by atoms with Crippen LogP contribution in [0.25, 0.3) is 0 Å². The van der Waals surface area contributed by atoms with Crippen LogP contribution in [-0.2, 0) is 0 Å². The lowest BCUT2D eigenvalue weighted by Crippen LogP contribution is -2.46. The van der Waals surface area contributed by atoms with Crippen molar-refractivity contribution < 1.29 is 5.11 Å². The average molecular weight is 180 g/mol. The zero-order valence-corrected chi connectivity index (χ0v) is 8.27. The summed E-state index contributed by atoms with van der Waals surface area (Å²) in [5.41, 5.74) is 0. The molecular formula is C8H18ClNO. The van der Waals surface area contributed by atoms with Crippen LogP contribution in [0, 0.1) is 5.92 Å². The van der Waals surface area contributed by atoms with Crippen molar-refractivity contribution in [1.29, 1.82) is 0 Å². The molecule has 1 N–H and O–H groups in total. The predicted molar refractivity (Wildman–Crippen MR) is 49.1 cm³/mol. The highest BCUT2D eigenvalue weighted by molar-refractivity contribution is 5.85. The number of aliphatic hydroxyl groups is 1. The van der Waals surface area contributed by atoms with Crippen molar-refractivity contribution in [3.05, 3.63) is 0 Å². The molecule has 1 fully saturated rings. The van der Waals surface area contributed by atoms with Gasteiger partial charge in [0.25, 0.3) is 0 Å². The van der Waals surface area contributed by atoms with Gasteiger partial charge < -0.3 is 10.0 Å². The van der Waals surface area contributed by atoms with E-state index in [-0.39, 0.29) is 18.5 Å². The van der Waals surface area contributed by atoms with Gasteiger partial charge in [-0.1, -0.05) is 6.92 Å². The summed E-state index contributed by atoms with van der Waals surface area (Å²) in [6.07, 6.45) is 0.855. The predicted octanol–water partition coefficient (Wildman–Crippen LogP) is 1.13. The molecule has 1 saturated heterocycles. The van der Waals surface area contributed by atoms with E-state index in [0.717, 1.165) is 13.0 Å². The van der Waals surface area contributed by atoms with Crippen LogP contribution in [0.15, 0.2) is 0 Å². The van der Waals surface area contributed by atoms with Gasteiger partial charge in [0.1, 0.15) is 0 Å². The molecule has 1 rings (SSSR count). The largest absolute Gasteiger partial charge is 0.393 e. The van der Waals surface area contributed by atoms with E-state index in [2.05, 4.69) is 25.8 Å². The molecule has 68 valence electrons. The molecular weight excluding hydrogens is 162 g/mol. The Balaban J connectivity index is 0.000001000. The first-order valence-electron chi connectivity index (χ1n) is 4.01. The number of halogens is 1. The molecule has 0 aromatic rings. The Bertz CT molecular complexity index is 107. The molecule has 3 heteroatoms. The Morgan fingerprint density at radius 1 is 1.36 bits per heavy atom. The lowest BCUT2D eigenvalue weighted by atomic mass is 9.90. The highest BCUT2D eigenvalue weighted by atomic mass is 35.5. The minimum Gasteiger partial charge on any atom is -0.393 e. The lowest BCUT2D eigenvalue weighted by molar-refractivity contribution is 0.0102. The minimum atomic E-state index is -0.0776. The Labute approximate surface area is 75.0 Å². The van der Waals surface area contributed by atoms with E-state index < -0.39 is 0 Å². The molecule has 0 saturated carbocycles. The van der Waals surface area contributed by atoms with Crippen molar-refractivity contribution >= 4 is 12.4 Å². The summed E-state index contributed by atoms with van der Waals surface area (Å²) < 4.78 is 0.